The van der Waals surface area contributed by atoms with Gasteiger partial charge in [0.25, 0.3) is 5.91 Å². The van der Waals surface area contributed by atoms with Crippen molar-refractivity contribution in [3.05, 3.63) is 71.4 Å². The highest BCUT2D eigenvalue weighted by molar-refractivity contribution is 5.78. The molecular formula is C23H25N3O2. The molecule has 28 heavy (non-hydrogen) atoms. The summed E-state index contributed by atoms with van der Waals surface area (Å²) in [5.74, 6) is 0.801. The number of benzene rings is 2. The molecule has 1 amide bonds. The minimum absolute atomic E-state index is 0.0327. The van der Waals surface area contributed by atoms with Crippen molar-refractivity contribution in [2.24, 2.45) is 7.05 Å². The fraction of sp³-hybridized carbons (Fsp3) is 0.304. The van der Waals surface area contributed by atoms with Crippen molar-refractivity contribution >= 4 is 5.91 Å². The second kappa shape index (κ2) is 7.89. The van der Waals surface area contributed by atoms with Gasteiger partial charge in [-0.05, 0) is 25.0 Å². The van der Waals surface area contributed by atoms with Gasteiger partial charge in [0.15, 0.2) is 6.61 Å². The summed E-state index contributed by atoms with van der Waals surface area (Å²) in [7, 11) is 1.99. The van der Waals surface area contributed by atoms with E-state index in [1.54, 1.807) is 0 Å². The highest BCUT2D eigenvalue weighted by atomic mass is 16.5. The van der Waals surface area contributed by atoms with Gasteiger partial charge < -0.3 is 9.64 Å². The number of aromatic nitrogens is 2. The van der Waals surface area contributed by atoms with Gasteiger partial charge >= 0.3 is 0 Å². The molecule has 0 N–H and O–H groups in total. The van der Waals surface area contributed by atoms with Crippen molar-refractivity contribution < 1.29 is 9.53 Å². The summed E-state index contributed by atoms with van der Waals surface area (Å²) in [5.41, 5.74) is 5.67. The second-order valence-electron chi connectivity index (χ2n) is 7.20. The molecule has 0 bridgehead atoms. The summed E-state index contributed by atoms with van der Waals surface area (Å²) in [4.78, 5) is 14.6. The molecule has 5 nitrogen and oxygen atoms in total. The van der Waals surface area contributed by atoms with Gasteiger partial charge in [0.05, 0.1) is 5.69 Å². The third kappa shape index (κ3) is 3.65. The van der Waals surface area contributed by atoms with Gasteiger partial charge in [0.2, 0.25) is 0 Å². The van der Waals surface area contributed by atoms with E-state index in [2.05, 4.69) is 12.1 Å². The number of nitrogens with zero attached hydrogens (tertiary/aromatic N) is 3. The van der Waals surface area contributed by atoms with Crippen LogP contribution in [-0.2, 0) is 24.7 Å². The predicted molar refractivity (Wildman–Crippen MR) is 109 cm³/mol. The van der Waals surface area contributed by atoms with Crippen molar-refractivity contribution in [2.75, 3.05) is 19.7 Å². The van der Waals surface area contributed by atoms with E-state index in [-0.39, 0.29) is 12.5 Å². The second-order valence-corrected chi connectivity index (χ2v) is 7.20. The van der Waals surface area contributed by atoms with E-state index < -0.39 is 0 Å². The van der Waals surface area contributed by atoms with Crippen LogP contribution >= 0.6 is 0 Å². The van der Waals surface area contributed by atoms with E-state index in [4.69, 9.17) is 9.84 Å². The summed E-state index contributed by atoms with van der Waals surface area (Å²) >= 11 is 0. The molecule has 1 aromatic heterocycles. The summed E-state index contributed by atoms with van der Waals surface area (Å²) in [6.45, 7) is 3.44. The highest BCUT2D eigenvalue weighted by Gasteiger charge is 2.24. The summed E-state index contributed by atoms with van der Waals surface area (Å²) < 4.78 is 7.73. The lowest BCUT2D eigenvalue weighted by Crippen LogP contribution is -2.37. The number of ether oxygens (including phenoxy) is 1. The highest BCUT2D eigenvalue weighted by Crippen LogP contribution is 2.28. The smallest absolute Gasteiger partial charge is 0.260 e. The summed E-state index contributed by atoms with van der Waals surface area (Å²) in [6, 6.07) is 18.0. The van der Waals surface area contributed by atoms with Crippen LogP contribution in [0.4, 0.5) is 0 Å². The quantitative estimate of drug-likeness (QED) is 0.702. The first-order valence-electron chi connectivity index (χ1n) is 9.70. The van der Waals surface area contributed by atoms with Crippen molar-refractivity contribution in [1.29, 1.82) is 0 Å². The van der Waals surface area contributed by atoms with E-state index in [9.17, 15) is 4.79 Å². The van der Waals surface area contributed by atoms with Crippen LogP contribution in [0.5, 0.6) is 5.75 Å². The monoisotopic (exact) mass is 375 g/mol. The molecule has 2 heterocycles. The Morgan fingerprint density at radius 2 is 1.75 bits per heavy atom. The van der Waals surface area contributed by atoms with E-state index >= 15 is 0 Å². The van der Waals surface area contributed by atoms with Gasteiger partial charge in [-0.2, -0.15) is 5.10 Å². The van der Waals surface area contributed by atoms with Crippen LogP contribution in [-0.4, -0.2) is 40.3 Å². The molecule has 0 atom stereocenters. The maximum atomic E-state index is 12.7. The Balaban J connectivity index is 1.46. The third-order valence-corrected chi connectivity index (χ3v) is 5.37. The molecule has 0 fully saturated rings. The topological polar surface area (TPSA) is 47.4 Å². The van der Waals surface area contributed by atoms with E-state index in [0.29, 0.717) is 13.1 Å². The number of carbonyl (C=O) groups excluding carboxylic acids is 1. The lowest BCUT2D eigenvalue weighted by molar-refractivity contribution is -0.133. The van der Waals surface area contributed by atoms with Gasteiger partial charge in [-0.15, -0.1) is 0 Å². The predicted octanol–water partition coefficient (Wildman–Crippen LogP) is 3.40. The molecule has 4 rings (SSSR count). The largest absolute Gasteiger partial charge is 0.484 e. The summed E-state index contributed by atoms with van der Waals surface area (Å²) in [6.07, 6.45) is 1.62. The lowest BCUT2D eigenvalue weighted by Gasteiger charge is -2.21. The Morgan fingerprint density at radius 3 is 2.54 bits per heavy atom. The van der Waals surface area contributed by atoms with E-state index in [1.165, 1.54) is 11.3 Å². The van der Waals surface area contributed by atoms with Gasteiger partial charge in [-0.1, -0.05) is 48.5 Å². The standard InChI is InChI=1S/C23H25N3O2/c1-17-8-6-7-11-21(17)28-16-22(27)26-14-12-19-20(13-15-26)25(2)24-23(19)18-9-4-3-5-10-18/h3-11H,12-16H2,1-2H3. The van der Waals surface area contributed by atoms with E-state index in [0.717, 1.165) is 35.4 Å². The first kappa shape index (κ1) is 18.3. The van der Waals surface area contributed by atoms with E-state index in [1.807, 2.05) is 66.0 Å². The SMILES string of the molecule is Cc1ccccc1OCC(=O)N1CCc2c(-c3ccccc3)nn(C)c2CC1. The van der Waals surface area contributed by atoms with Crippen molar-refractivity contribution in [1.82, 2.24) is 14.7 Å². The molecule has 3 aromatic rings. The molecule has 0 aliphatic carbocycles. The van der Waals surface area contributed by atoms with Crippen LogP contribution in [0.3, 0.4) is 0 Å². The number of carbonyl (C=O) groups is 1. The molecule has 0 saturated heterocycles. The third-order valence-electron chi connectivity index (χ3n) is 5.37. The number of para-hydroxylation sites is 1. The van der Waals surface area contributed by atoms with Crippen molar-refractivity contribution in [3.8, 4) is 17.0 Å². The minimum Gasteiger partial charge on any atom is -0.484 e. The molecule has 5 heteroatoms. The van der Waals surface area contributed by atoms with Crippen LogP contribution < -0.4 is 4.74 Å². The fourth-order valence-corrected chi connectivity index (χ4v) is 3.80. The Kier molecular flexibility index (Phi) is 5.15. The first-order chi connectivity index (χ1) is 13.6. The molecule has 0 spiro atoms. The number of aryl methyl sites for hydroxylation is 2. The number of hydrogen-bond donors (Lipinski definition) is 0. The molecular weight excluding hydrogens is 350 g/mol. The average Bonchev–Trinajstić information content (AvgIpc) is 2.89. The first-order valence-corrected chi connectivity index (χ1v) is 9.70. The van der Waals surface area contributed by atoms with Crippen LogP contribution in [0.2, 0.25) is 0 Å². The van der Waals surface area contributed by atoms with Crippen LogP contribution in [0, 0.1) is 6.92 Å². The van der Waals surface area contributed by atoms with Crippen LogP contribution in [0.15, 0.2) is 54.6 Å². The normalized spacial score (nSPS) is 13.7. The zero-order valence-corrected chi connectivity index (χ0v) is 16.4. The number of fused-ring (bicyclic) bond motifs is 1. The maximum Gasteiger partial charge on any atom is 0.260 e. The zero-order valence-electron chi connectivity index (χ0n) is 16.4. The number of hydrogen-bond acceptors (Lipinski definition) is 3. The Hall–Kier alpha value is -3.08. The van der Waals surface area contributed by atoms with Gasteiger partial charge in [-0.3, -0.25) is 9.48 Å². The summed E-state index contributed by atoms with van der Waals surface area (Å²) in [5, 5.41) is 4.75. The zero-order chi connectivity index (χ0) is 19.5. The Morgan fingerprint density at radius 1 is 1.04 bits per heavy atom. The van der Waals surface area contributed by atoms with Crippen molar-refractivity contribution in [3.63, 3.8) is 0 Å². The molecule has 144 valence electrons. The van der Waals surface area contributed by atoms with Gasteiger partial charge in [-0.25, -0.2) is 0 Å². The molecule has 0 unspecified atom stereocenters. The lowest BCUT2D eigenvalue weighted by atomic mass is 10.0. The van der Waals surface area contributed by atoms with Gasteiger partial charge in [0.1, 0.15) is 5.75 Å². The van der Waals surface area contributed by atoms with Crippen LogP contribution in [0.1, 0.15) is 16.8 Å². The Labute approximate surface area is 165 Å². The molecule has 1 aliphatic rings. The maximum absolute atomic E-state index is 12.7. The Bertz CT molecular complexity index is 979. The molecule has 1 aliphatic heterocycles. The van der Waals surface area contributed by atoms with Crippen LogP contribution in [0.25, 0.3) is 11.3 Å². The molecule has 0 radical (unpaired) electrons. The number of rotatable bonds is 4. The fourth-order valence-electron chi connectivity index (χ4n) is 3.80. The van der Waals surface area contributed by atoms with Crippen molar-refractivity contribution in [2.45, 2.75) is 19.8 Å². The minimum atomic E-state index is 0.0327. The molecule has 2 aromatic carbocycles. The number of amides is 1. The average molecular weight is 375 g/mol. The molecule has 0 saturated carbocycles. The van der Waals surface area contributed by atoms with Gasteiger partial charge in [0, 0.05) is 43.4 Å².